The lowest BCUT2D eigenvalue weighted by Crippen LogP contribution is -2.28. The Morgan fingerprint density at radius 3 is 2.52 bits per heavy atom. The van der Waals surface area contributed by atoms with Crippen LogP contribution in [0.2, 0.25) is 0 Å². The molecule has 0 saturated carbocycles. The number of nitrogens with one attached hydrogen (secondary N) is 2. The molecule has 2 N–H and O–H groups in total. The molecule has 0 aliphatic rings. The first-order valence-corrected chi connectivity index (χ1v) is 10.8. The van der Waals surface area contributed by atoms with Crippen molar-refractivity contribution in [2.45, 2.75) is 24.0 Å². The highest BCUT2D eigenvalue weighted by Gasteiger charge is 2.32. The number of nitrogens with zero attached hydrogens (tertiary/aromatic N) is 2. The molecule has 0 unspecified atom stereocenters. The number of aromatic nitrogens is 2. The number of benzene rings is 2. The van der Waals surface area contributed by atoms with Gasteiger partial charge < -0.3 is 5.32 Å². The van der Waals surface area contributed by atoms with E-state index in [1.165, 1.54) is 30.5 Å². The van der Waals surface area contributed by atoms with Crippen molar-refractivity contribution >= 4 is 21.6 Å². The van der Waals surface area contributed by atoms with Crippen LogP contribution in [0.3, 0.4) is 0 Å². The molecule has 176 valence electrons. The Balaban J connectivity index is 1.75. The SMILES string of the molecule is O=C(NCCc1nccn1C(F)F)c1ccccc1NS(=O)(=O)c1cccc(C(F)(F)F)c1. The molecule has 1 heterocycles. The zero-order valence-electron chi connectivity index (χ0n) is 16.7. The van der Waals surface area contributed by atoms with Crippen LogP contribution >= 0.6 is 0 Å². The average molecular weight is 488 g/mol. The molecule has 2 aromatic carbocycles. The van der Waals surface area contributed by atoms with E-state index in [1.807, 2.05) is 0 Å². The summed E-state index contributed by atoms with van der Waals surface area (Å²) in [6, 6.07) is 8.63. The van der Waals surface area contributed by atoms with Crippen LogP contribution in [0.1, 0.15) is 28.3 Å². The van der Waals surface area contributed by atoms with Crippen molar-refractivity contribution in [1.82, 2.24) is 14.9 Å². The molecule has 0 fully saturated rings. The number of rotatable bonds is 8. The molecular weight excluding hydrogens is 471 g/mol. The first-order valence-electron chi connectivity index (χ1n) is 9.36. The molecule has 1 amide bonds. The van der Waals surface area contributed by atoms with Gasteiger partial charge in [0.05, 0.1) is 21.7 Å². The molecule has 0 bridgehead atoms. The van der Waals surface area contributed by atoms with Crippen molar-refractivity contribution < 1.29 is 35.2 Å². The van der Waals surface area contributed by atoms with Gasteiger partial charge in [0.15, 0.2) is 0 Å². The summed E-state index contributed by atoms with van der Waals surface area (Å²) < 4.78 is 92.5. The second-order valence-electron chi connectivity index (χ2n) is 6.71. The summed E-state index contributed by atoms with van der Waals surface area (Å²) in [5.41, 5.74) is -1.41. The third-order valence-electron chi connectivity index (χ3n) is 4.48. The lowest BCUT2D eigenvalue weighted by molar-refractivity contribution is -0.137. The average Bonchev–Trinajstić information content (AvgIpc) is 3.22. The Morgan fingerprint density at radius 2 is 1.82 bits per heavy atom. The van der Waals surface area contributed by atoms with Gasteiger partial charge in [0.25, 0.3) is 15.9 Å². The fraction of sp³-hybridized carbons (Fsp3) is 0.200. The topological polar surface area (TPSA) is 93.1 Å². The fourth-order valence-electron chi connectivity index (χ4n) is 2.91. The number of alkyl halides is 5. The van der Waals surface area contributed by atoms with Crippen LogP contribution in [0.4, 0.5) is 27.6 Å². The predicted octanol–water partition coefficient (Wildman–Crippen LogP) is 4.07. The summed E-state index contributed by atoms with van der Waals surface area (Å²) in [5, 5.41) is 2.48. The van der Waals surface area contributed by atoms with E-state index < -0.39 is 39.1 Å². The molecule has 13 heteroatoms. The van der Waals surface area contributed by atoms with Gasteiger partial charge in [0, 0.05) is 25.4 Å². The van der Waals surface area contributed by atoms with Crippen molar-refractivity contribution in [3.8, 4) is 0 Å². The van der Waals surface area contributed by atoms with E-state index in [9.17, 15) is 35.2 Å². The van der Waals surface area contributed by atoms with Gasteiger partial charge in [-0.3, -0.25) is 14.1 Å². The maximum Gasteiger partial charge on any atom is 0.416 e. The molecule has 0 saturated heterocycles. The number of amides is 1. The van der Waals surface area contributed by atoms with Crippen LogP contribution in [-0.2, 0) is 22.6 Å². The maximum absolute atomic E-state index is 12.9. The lowest BCUT2D eigenvalue weighted by atomic mass is 10.1. The zero-order chi connectivity index (χ0) is 24.2. The molecule has 3 rings (SSSR count). The fourth-order valence-corrected chi connectivity index (χ4v) is 4.04. The monoisotopic (exact) mass is 488 g/mol. The second-order valence-corrected chi connectivity index (χ2v) is 8.39. The largest absolute Gasteiger partial charge is 0.416 e. The van der Waals surface area contributed by atoms with Crippen LogP contribution in [-0.4, -0.2) is 30.4 Å². The van der Waals surface area contributed by atoms with Gasteiger partial charge in [-0.15, -0.1) is 0 Å². The Morgan fingerprint density at radius 1 is 1.09 bits per heavy atom. The van der Waals surface area contributed by atoms with E-state index in [0.717, 1.165) is 24.4 Å². The normalized spacial score (nSPS) is 12.1. The number of para-hydroxylation sites is 1. The van der Waals surface area contributed by atoms with E-state index in [-0.39, 0.29) is 30.0 Å². The number of sulfonamides is 1. The van der Waals surface area contributed by atoms with Gasteiger partial charge in [-0.1, -0.05) is 18.2 Å². The molecule has 0 aliphatic heterocycles. The first kappa shape index (κ1) is 24.2. The van der Waals surface area contributed by atoms with E-state index in [2.05, 4.69) is 15.0 Å². The highest BCUT2D eigenvalue weighted by molar-refractivity contribution is 7.92. The maximum atomic E-state index is 12.9. The minimum Gasteiger partial charge on any atom is -0.352 e. The molecule has 1 aromatic heterocycles. The van der Waals surface area contributed by atoms with Gasteiger partial charge in [-0.2, -0.15) is 22.0 Å². The van der Waals surface area contributed by atoms with Crippen LogP contribution in [0.15, 0.2) is 65.8 Å². The number of hydrogen-bond donors (Lipinski definition) is 2. The summed E-state index contributed by atoms with van der Waals surface area (Å²) in [6.45, 7) is -2.86. The Labute approximate surface area is 185 Å². The van der Waals surface area contributed by atoms with Crippen LogP contribution in [0.25, 0.3) is 0 Å². The van der Waals surface area contributed by atoms with Gasteiger partial charge in [0.2, 0.25) is 0 Å². The van der Waals surface area contributed by atoms with E-state index in [0.29, 0.717) is 10.6 Å². The van der Waals surface area contributed by atoms with Gasteiger partial charge in [-0.05, 0) is 30.3 Å². The molecule has 7 nitrogen and oxygen atoms in total. The first-order chi connectivity index (χ1) is 15.5. The number of imidazole rings is 1. The molecule has 3 aromatic rings. The van der Waals surface area contributed by atoms with E-state index in [4.69, 9.17) is 0 Å². The number of hydrogen-bond acceptors (Lipinski definition) is 4. The summed E-state index contributed by atoms with van der Waals surface area (Å²) in [4.78, 5) is 15.7. The number of halogens is 5. The summed E-state index contributed by atoms with van der Waals surface area (Å²) in [7, 11) is -4.45. The quantitative estimate of drug-likeness (QED) is 0.468. The number of carbonyl (C=O) groups excluding carboxylic acids is 1. The molecule has 0 aliphatic carbocycles. The van der Waals surface area contributed by atoms with Crippen molar-refractivity contribution in [3.05, 3.63) is 77.9 Å². The number of carbonyl (C=O) groups is 1. The van der Waals surface area contributed by atoms with Crippen molar-refractivity contribution in [2.24, 2.45) is 0 Å². The zero-order valence-corrected chi connectivity index (χ0v) is 17.5. The van der Waals surface area contributed by atoms with Crippen LogP contribution in [0.5, 0.6) is 0 Å². The van der Waals surface area contributed by atoms with Gasteiger partial charge >= 0.3 is 12.7 Å². The van der Waals surface area contributed by atoms with Crippen molar-refractivity contribution in [1.29, 1.82) is 0 Å². The minimum atomic E-state index is -4.73. The molecule has 33 heavy (non-hydrogen) atoms. The highest BCUT2D eigenvalue weighted by atomic mass is 32.2. The van der Waals surface area contributed by atoms with Crippen LogP contribution < -0.4 is 10.0 Å². The summed E-state index contributed by atoms with van der Waals surface area (Å²) in [5.74, 6) is -0.670. The molecule has 0 spiro atoms. The Bertz CT molecular complexity index is 1240. The third kappa shape index (κ3) is 5.86. The van der Waals surface area contributed by atoms with Gasteiger partial charge in [-0.25, -0.2) is 13.4 Å². The molecular formula is C20H17F5N4O3S. The van der Waals surface area contributed by atoms with Crippen molar-refractivity contribution in [3.63, 3.8) is 0 Å². The Hall–Kier alpha value is -3.48. The highest BCUT2D eigenvalue weighted by Crippen LogP contribution is 2.31. The van der Waals surface area contributed by atoms with Crippen LogP contribution in [0, 0.1) is 0 Å². The van der Waals surface area contributed by atoms with E-state index >= 15 is 0 Å². The predicted molar refractivity (Wildman–Crippen MR) is 108 cm³/mol. The second kappa shape index (κ2) is 9.57. The molecule has 0 radical (unpaired) electrons. The third-order valence-corrected chi connectivity index (χ3v) is 5.84. The standard InChI is InChI=1S/C20H17F5N4O3S/c21-19(22)29-11-10-26-17(29)8-9-27-18(30)15-6-1-2-7-16(15)28-33(31,32)14-5-3-4-13(12-14)20(23,24)25/h1-7,10-12,19,28H,8-9H2,(H,27,30). The molecule has 0 atom stereocenters. The number of anilines is 1. The summed E-state index contributed by atoms with van der Waals surface area (Å²) in [6.07, 6.45) is -2.45. The van der Waals surface area contributed by atoms with E-state index in [1.54, 1.807) is 0 Å². The minimum absolute atomic E-state index is 0.0127. The van der Waals surface area contributed by atoms with Crippen molar-refractivity contribution in [2.75, 3.05) is 11.3 Å². The smallest absolute Gasteiger partial charge is 0.352 e. The van der Waals surface area contributed by atoms with Gasteiger partial charge in [0.1, 0.15) is 5.82 Å². The lowest BCUT2D eigenvalue weighted by Gasteiger charge is -2.14. The summed E-state index contributed by atoms with van der Waals surface area (Å²) >= 11 is 0. The Kier molecular flexibility index (Phi) is 7.01.